The van der Waals surface area contributed by atoms with Gasteiger partial charge in [0.05, 0.1) is 11.6 Å². The van der Waals surface area contributed by atoms with Crippen LogP contribution < -0.4 is 0 Å². The second-order valence-electron chi connectivity index (χ2n) is 7.19. The van der Waals surface area contributed by atoms with Crippen LogP contribution in [0.1, 0.15) is 40.9 Å². The van der Waals surface area contributed by atoms with Gasteiger partial charge in [-0.15, -0.1) is 0 Å². The molecule has 1 amide bonds. The fraction of sp³-hybridized carbons (Fsp3) is 0.450. The molecule has 2 unspecified atom stereocenters. The molecule has 6 nitrogen and oxygen atoms in total. The maximum atomic E-state index is 13.0. The smallest absolute Gasteiger partial charge is 0.312 e. The molecule has 2 heterocycles. The molecule has 0 bridgehead atoms. The van der Waals surface area contributed by atoms with E-state index in [1.54, 1.807) is 4.90 Å². The van der Waals surface area contributed by atoms with Crippen molar-refractivity contribution in [3.8, 4) is 0 Å². The Morgan fingerprint density at radius 2 is 2.00 bits per heavy atom. The van der Waals surface area contributed by atoms with E-state index in [4.69, 9.17) is 0 Å². The maximum Gasteiger partial charge on any atom is 0.312 e. The highest BCUT2D eigenvalue weighted by atomic mass is 16.4. The van der Waals surface area contributed by atoms with Gasteiger partial charge in [-0.1, -0.05) is 31.2 Å². The molecule has 0 spiro atoms. The molecule has 0 fully saturated rings. The van der Waals surface area contributed by atoms with Gasteiger partial charge in [0, 0.05) is 31.7 Å². The number of fused-ring (bicyclic) bond motifs is 1. The lowest BCUT2D eigenvalue weighted by Gasteiger charge is -2.34. The summed E-state index contributed by atoms with van der Waals surface area (Å²) in [6, 6.07) is 7.49. The molecule has 0 aliphatic carbocycles. The highest BCUT2D eigenvalue weighted by molar-refractivity contribution is 5.83. The third-order valence-corrected chi connectivity index (χ3v) is 5.40. The number of hydrogen-bond acceptors (Lipinski definition) is 3. The zero-order chi connectivity index (χ0) is 19.0. The van der Waals surface area contributed by atoms with E-state index < -0.39 is 11.9 Å². The minimum atomic E-state index is -0.887. The van der Waals surface area contributed by atoms with Crippen molar-refractivity contribution in [1.82, 2.24) is 14.7 Å². The van der Waals surface area contributed by atoms with Crippen LogP contribution in [-0.2, 0) is 29.6 Å². The van der Waals surface area contributed by atoms with Crippen molar-refractivity contribution in [2.24, 2.45) is 13.0 Å². The van der Waals surface area contributed by atoms with Gasteiger partial charge in [0.2, 0.25) is 5.91 Å². The molecule has 2 atom stereocenters. The summed E-state index contributed by atoms with van der Waals surface area (Å²) in [5, 5.41) is 14.0. The molecule has 1 aromatic heterocycles. The topological polar surface area (TPSA) is 75.4 Å². The van der Waals surface area contributed by atoms with Crippen LogP contribution in [-0.4, -0.2) is 38.2 Å². The van der Waals surface area contributed by atoms with Crippen LogP contribution in [0.4, 0.5) is 0 Å². The van der Waals surface area contributed by atoms with E-state index >= 15 is 0 Å². The van der Waals surface area contributed by atoms with Gasteiger partial charge in [-0.25, -0.2) is 0 Å². The average Bonchev–Trinajstić information content (AvgIpc) is 2.86. The first-order valence-corrected chi connectivity index (χ1v) is 8.88. The average molecular weight is 355 g/mol. The van der Waals surface area contributed by atoms with Crippen molar-refractivity contribution in [3.05, 3.63) is 52.3 Å². The number of benzene rings is 1. The highest BCUT2D eigenvalue weighted by Gasteiger charge is 2.34. The minimum absolute atomic E-state index is 0.00611. The molecule has 138 valence electrons. The lowest BCUT2D eigenvalue weighted by Crippen LogP contribution is -2.43. The Balaban J connectivity index is 1.80. The van der Waals surface area contributed by atoms with Crippen LogP contribution in [0.3, 0.4) is 0 Å². The number of aromatic nitrogens is 2. The van der Waals surface area contributed by atoms with E-state index in [-0.39, 0.29) is 18.4 Å². The van der Waals surface area contributed by atoms with Crippen molar-refractivity contribution < 1.29 is 14.7 Å². The summed E-state index contributed by atoms with van der Waals surface area (Å²) in [5.74, 6) is -1.79. The van der Waals surface area contributed by atoms with Gasteiger partial charge in [-0.05, 0) is 37.0 Å². The molecular weight excluding hydrogens is 330 g/mol. The van der Waals surface area contributed by atoms with Gasteiger partial charge in [0.25, 0.3) is 0 Å². The first-order chi connectivity index (χ1) is 12.3. The normalized spacial score (nSPS) is 17.7. The standard InChI is InChI=1S/C20H25N3O3/c1-12(9-17-13(2)21-22(4)14(17)3)19(24)23-10-15-7-5-6-8-16(15)18(11-23)20(25)26/h5-8,12,18H,9-11H2,1-4H3,(H,25,26). The molecule has 1 N–H and O–H groups in total. The van der Waals surface area contributed by atoms with Crippen molar-refractivity contribution in [2.45, 2.75) is 39.7 Å². The lowest BCUT2D eigenvalue weighted by molar-refractivity contribution is -0.142. The number of nitrogens with zero attached hydrogens (tertiary/aromatic N) is 3. The molecule has 6 heteroatoms. The van der Waals surface area contributed by atoms with Gasteiger partial charge in [0.15, 0.2) is 0 Å². The molecule has 2 aromatic rings. The number of carboxylic acid groups (broad SMARTS) is 1. The lowest BCUT2D eigenvalue weighted by atomic mass is 9.88. The van der Waals surface area contributed by atoms with E-state index in [0.29, 0.717) is 13.0 Å². The number of carbonyl (C=O) groups excluding carboxylic acids is 1. The molecule has 1 aromatic carbocycles. The van der Waals surface area contributed by atoms with Gasteiger partial charge < -0.3 is 10.0 Å². The number of aliphatic carboxylic acids is 1. The van der Waals surface area contributed by atoms with Crippen LogP contribution in [0.5, 0.6) is 0 Å². The third-order valence-electron chi connectivity index (χ3n) is 5.40. The van der Waals surface area contributed by atoms with Crippen LogP contribution >= 0.6 is 0 Å². The third kappa shape index (κ3) is 3.23. The number of rotatable bonds is 4. The summed E-state index contributed by atoms with van der Waals surface area (Å²) in [4.78, 5) is 26.4. The second kappa shape index (κ2) is 6.94. The fourth-order valence-electron chi connectivity index (χ4n) is 3.80. The van der Waals surface area contributed by atoms with Crippen LogP contribution in [0.25, 0.3) is 0 Å². The zero-order valence-electron chi connectivity index (χ0n) is 15.7. The Kier molecular flexibility index (Phi) is 4.85. The van der Waals surface area contributed by atoms with E-state index in [1.807, 2.05) is 56.8 Å². The molecule has 0 saturated heterocycles. The summed E-state index contributed by atoms with van der Waals surface area (Å²) in [7, 11) is 1.90. The predicted octanol–water partition coefficient (Wildman–Crippen LogP) is 2.43. The van der Waals surface area contributed by atoms with Crippen molar-refractivity contribution in [2.75, 3.05) is 6.54 Å². The van der Waals surface area contributed by atoms with Gasteiger partial charge in [-0.2, -0.15) is 5.10 Å². The quantitative estimate of drug-likeness (QED) is 0.914. The summed E-state index contributed by atoms with van der Waals surface area (Å²) < 4.78 is 1.83. The minimum Gasteiger partial charge on any atom is -0.481 e. The summed E-state index contributed by atoms with van der Waals surface area (Å²) >= 11 is 0. The number of carbonyl (C=O) groups is 2. The number of aryl methyl sites for hydroxylation is 2. The Hall–Kier alpha value is -2.63. The summed E-state index contributed by atoms with van der Waals surface area (Å²) in [6.45, 7) is 6.56. The predicted molar refractivity (Wildman–Crippen MR) is 97.8 cm³/mol. The Labute approximate surface area is 153 Å². The van der Waals surface area contributed by atoms with E-state index in [0.717, 1.165) is 28.1 Å². The van der Waals surface area contributed by atoms with Crippen LogP contribution in [0.15, 0.2) is 24.3 Å². The van der Waals surface area contributed by atoms with Crippen molar-refractivity contribution >= 4 is 11.9 Å². The van der Waals surface area contributed by atoms with Crippen LogP contribution in [0, 0.1) is 19.8 Å². The monoisotopic (exact) mass is 355 g/mol. The first kappa shape index (κ1) is 18.2. The number of carboxylic acids is 1. The van der Waals surface area contributed by atoms with Gasteiger partial charge in [-0.3, -0.25) is 14.3 Å². The van der Waals surface area contributed by atoms with E-state index in [1.165, 1.54) is 0 Å². The van der Waals surface area contributed by atoms with Crippen molar-refractivity contribution in [3.63, 3.8) is 0 Å². The van der Waals surface area contributed by atoms with Crippen LogP contribution in [0.2, 0.25) is 0 Å². The Morgan fingerprint density at radius 3 is 2.62 bits per heavy atom. The SMILES string of the molecule is Cc1nn(C)c(C)c1CC(C)C(=O)N1Cc2ccccc2C(C(=O)O)C1. The summed E-state index contributed by atoms with van der Waals surface area (Å²) in [5.41, 5.74) is 4.84. The van der Waals surface area contributed by atoms with Crippen molar-refractivity contribution in [1.29, 1.82) is 0 Å². The van der Waals surface area contributed by atoms with Gasteiger partial charge >= 0.3 is 5.97 Å². The molecule has 1 aliphatic heterocycles. The molecule has 3 rings (SSSR count). The maximum absolute atomic E-state index is 13.0. The van der Waals surface area contributed by atoms with E-state index in [9.17, 15) is 14.7 Å². The summed E-state index contributed by atoms with van der Waals surface area (Å²) in [6.07, 6.45) is 0.611. The Bertz CT molecular complexity index is 856. The number of amides is 1. The zero-order valence-corrected chi connectivity index (χ0v) is 15.7. The fourth-order valence-corrected chi connectivity index (χ4v) is 3.80. The molecular formula is C20H25N3O3. The molecule has 0 radical (unpaired) electrons. The molecule has 0 saturated carbocycles. The molecule has 1 aliphatic rings. The van der Waals surface area contributed by atoms with E-state index in [2.05, 4.69) is 5.10 Å². The second-order valence-corrected chi connectivity index (χ2v) is 7.19. The Morgan fingerprint density at radius 1 is 1.31 bits per heavy atom. The first-order valence-electron chi connectivity index (χ1n) is 8.88. The number of hydrogen-bond donors (Lipinski definition) is 1. The van der Waals surface area contributed by atoms with Gasteiger partial charge in [0.1, 0.15) is 0 Å². The molecule has 26 heavy (non-hydrogen) atoms. The highest BCUT2D eigenvalue weighted by Crippen LogP contribution is 2.30. The largest absolute Gasteiger partial charge is 0.481 e.